The van der Waals surface area contributed by atoms with Crippen LogP contribution in [0.2, 0.25) is 5.02 Å². The van der Waals surface area contributed by atoms with Crippen molar-refractivity contribution in [1.82, 2.24) is 19.6 Å². The van der Waals surface area contributed by atoms with Gasteiger partial charge in [0, 0.05) is 25.1 Å². The molecule has 0 aliphatic rings. The molecule has 0 saturated carbocycles. The average Bonchev–Trinajstić information content (AvgIpc) is 2.85. The van der Waals surface area contributed by atoms with E-state index in [0.29, 0.717) is 11.6 Å². The Hall–Kier alpha value is -1.62. The van der Waals surface area contributed by atoms with Crippen LogP contribution < -0.4 is 0 Å². The van der Waals surface area contributed by atoms with Crippen LogP contribution in [-0.4, -0.2) is 25.5 Å². The van der Waals surface area contributed by atoms with E-state index in [-0.39, 0.29) is 11.6 Å². The zero-order chi connectivity index (χ0) is 10.8. The Balaban J connectivity index is 2.37. The number of nitrogens with zero attached hydrogens (tertiary/aromatic N) is 4. The summed E-state index contributed by atoms with van der Waals surface area (Å²) in [5, 5.41) is 8.23. The molecule has 0 radical (unpaired) electrons. The molecule has 2 aromatic heterocycles. The van der Waals surface area contributed by atoms with Gasteiger partial charge in [0.2, 0.25) is 0 Å². The minimum Gasteiger partial charge on any atom is -0.271 e. The van der Waals surface area contributed by atoms with E-state index in [1.54, 1.807) is 23.1 Å². The maximum atomic E-state index is 11.8. The van der Waals surface area contributed by atoms with Crippen molar-refractivity contribution in [1.29, 1.82) is 0 Å². The standard InChI is InChI=1S/C9H9ClN4O/c1-2-13-6-7(10)8(12-13)9(15)14-5-3-4-11-14/h3-6H,2H2,1H3. The number of hydrogen-bond acceptors (Lipinski definition) is 3. The summed E-state index contributed by atoms with van der Waals surface area (Å²) in [6.07, 6.45) is 4.71. The highest BCUT2D eigenvalue weighted by molar-refractivity contribution is 6.33. The van der Waals surface area contributed by atoms with Crippen LogP contribution >= 0.6 is 11.6 Å². The van der Waals surface area contributed by atoms with Crippen LogP contribution in [0.15, 0.2) is 24.7 Å². The van der Waals surface area contributed by atoms with Crippen LogP contribution in [0.25, 0.3) is 0 Å². The molecule has 78 valence electrons. The van der Waals surface area contributed by atoms with Crippen LogP contribution in [0, 0.1) is 0 Å². The lowest BCUT2D eigenvalue weighted by molar-refractivity contribution is 0.0939. The third kappa shape index (κ3) is 1.78. The monoisotopic (exact) mass is 224 g/mol. The number of halogens is 1. The second-order valence-corrected chi connectivity index (χ2v) is 3.34. The third-order valence-corrected chi connectivity index (χ3v) is 2.23. The van der Waals surface area contributed by atoms with Crippen LogP contribution in [0.5, 0.6) is 0 Å². The van der Waals surface area contributed by atoms with Crippen LogP contribution in [-0.2, 0) is 6.54 Å². The molecule has 6 heteroatoms. The summed E-state index contributed by atoms with van der Waals surface area (Å²) in [5.74, 6) is -0.322. The molecule has 0 N–H and O–H groups in total. The van der Waals surface area contributed by atoms with Crippen LogP contribution in [0.1, 0.15) is 17.4 Å². The normalized spacial score (nSPS) is 10.5. The average molecular weight is 225 g/mol. The number of aromatic nitrogens is 4. The lowest BCUT2D eigenvalue weighted by Gasteiger charge is -1.96. The van der Waals surface area contributed by atoms with Crippen molar-refractivity contribution < 1.29 is 4.79 Å². The molecule has 5 nitrogen and oxygen atoms in total. The molecule has 0 aliphatic carbocycles. The van der Waals surface area contributed by atoms with Gasteiger partial charge in [-0.3, -0.25) is 9.48 Å². The second kappa shape index (κ2) is 3.86. The fraction of sp³-hybridized carbons (Fsp3) is 0.222. The summed E-state index contributed by atoms with van der Waals surface area (Å²) in [5.41, 5.74) is 0.224. The van der Waals surface area contributed by atoms with Crippen molar-refractivity contribution >= 4 is 17.5 Å². The minimum atomic E-state index is -0.322. The summed E-state index contributed by atoms with van der Waals surface area (Å²) in [6, 6.07) is 1.67. The zero-order valence-corrected chi connectivity index (χ0v) is 8.85. The molecule has 0 aromatic carbocycles. The molecule has 2 heterocycles. The van der Waals surface area contributed by atoms with Gasteiger partial charge in [-0.1, -0.05) is 11.6 Å². The predicted octanol–water partition coefficient (Wildman–Crippen LogP) is 1.44. The lowest BCUT2D eigenvalue weighted by atomic mass is 10.4. The Morgan fingerprint density at radius 2 is 2.40 bits per heavy atom. The number of carbonyl (C=O) groups is 1. The van der Waals surface area contributed by atoms with Crippen molar-refractivity contribution in [3.8, 4) is 0 Å². The summed E-state index contributed by atoms with van der Waals surface area (Å²) in [4.78, 5) is 11.8. The molecule has 0 bridgehead atoms. The molecule has 0 saturated heterocycles. The summed E-state index contributed by atoms with van der Waals surface area (Å²) >= 11 is 5.89. The molecule has 0 unspecified atom stereocenters. The number of carbonyl (C=O) groups excluding carboxylic acids is 1. The van der Waals surface area contributed by atoms with E-state index < -0.39 is 0 Å². The van der Waals surface area contributed by atoms with Gasteiger partial charge in [0.1, 0.15) is 0 Å². The molecular formula is C9H9ClN4O. The van der Waals surface area contributed by atoms with Crippen molar-refractivity contribution in [3.05, 3.63) is 35.4 Å². The Kier molecular flexibility index (Phi) is 2.55. The minimum absolute atomic E-state index is 0.224. The first-order chi connectivity index (χ1) is 7.22. The molecule has 0 fully saturated rings. The van der Waals surface area contributed by atoms with Gasteiger partial charge in [-0.25, -0.2) is 4.68 Å². The Labute approximate surface area is 91.3 Å². The predicted molar refractivity (Wildman–Crippen MR) is 54.9 cm³/mol. The van der Waals surface area contributed by atoms with Gasteiger partial charge in [0.05, 0.1) is 5.02 Å². The fourth-order valence-electron chi connectivity index (χ4n) is 1.20. The van der Waals surface area contributed by atoms with Crippen molar-refractivity contribution in [3.63, 3.8) is 0 Å². The summed E-state index contributed by atoms with van der Waals surface area (Å²) in [6.45, 7) is 2.59. The number of aryl methyl sites for hydroxylation is 1. The van der Waals surface area contributed by atoms with E-state index in [4.69, 9.17) is 11.6 Å². The molecule has 2 rings (SSSR count). The van der Waals surface area contributed by atoms with Gasteiger partial charge < -0.3 is 0 Å². The van der Waals surface area contributed by atoms with E-state index in [0.717, 1.165) is 0 Å². The van der Waals surface area contributed by atoms with E-state index >= 15 is 0 Å². The molecule has 0 spiro atoms. The first kappa shape index (κ1) is 9.92. The zero-order valence-electron chi connectivity index (χ0n) is 8.09. The Morgan fingerprint density at radius 1 is 1.60 bits per heavy atom. The lowest BCUT2D eigenvalue weighted by Crippen LogP contribution is -2.14. The highest BCUT2D eigenvalue weighted by atomic mass is 35.5. The topological polar surface area (TPSA) is 52.7 Å². The number of hydrogen-bond donors (Lipinski definition) is 0. The smallest absolute Gasteiger partial charge is 0.271 e. The van der Waals surface area contributed by atoms with E-state index in [2.05, 4.69) is 10.2 Å². The molecule has 2 aromatic rings. The molecule has 0 amide bonds. The van der Waals surface area contributed by atoms with Gasteiger partial charge in [-0.2, -0.15) is 10.2 Å². The van der Waals surface area contributed by atoms with E-state index in [1.165, 1.54) is 10.9 Å². The maximum Gasteiger partial charge on any atom is 0.300 e. The molecule has 15 heavy (non-hydrogen) atoms. The fourth-order valence-corrected chi connectivity index (χ4v) is 1.43. The van der Waals surface area contributed by atoms with Crippen molar-refractivity contribution in [2.45, 2.75) is 13.5 Å². The quantitative estimate of drug-likeness (QED) is 0.776. The Bertz CT molecular complexity index is 474. The first-order valence-corrected chi connectivity index (χ1v) is 4.87. The molecule has 0 aliphatic heterocycles. The van der Waals surface area contributed by atoms with Gasteiger partial charge in [0.25, 0.3) is 5.91 Å². The highest BCUT2D eigenvalue weighted by Gasteiger charge is 2.16. The number of rotatable bonds is 2. The summed E-state index contributed by atoms with van der Waals surface area (Å²) < 4.78 is 2.81. The van der Waals surface area contributed by atoms with E-state index in [9.17, 15) is 4.79 Å². The highest BCUT2D eigenvalue weighted by Crippen LogP contribution is 2.14. The van der Waals surface area contributed by atoms with Gasteiger partial charge >= 0.3 is 0 Å². The van der Waals surface area contributed by atoms with Gasteiger partial charge in [0.15, 0.2) is 5.69 Å². The summed E-state index contributed by atoms with van der Waals surface area (Å²) in [7, 11) is 0. The van der Waals surface area contributed by atoms with Crippen molar-refractivity contribution in [2.75, 3.05) is 0 Å². The van der Waals surface area contributed by atoms with E-state index in [1.807, 2.05) is 6.92 Å². The van der Waals surface area contributed by atoms with Crippen molar-refractivity contribution in [2.24, 2.45) is 0 Å². The van der Waals surface area contributed by atoms with Crippen LogP contribution in [0.3, 0.4) is 0 Å². The van der Waals surface area contributed by atoms with Gasteiger partial charge in [-0.15, -0.1) is 0 Å². The maximum absolute atomic E-state index is 11.8. The SMILES string of the molecule is CCn1cc(Cl)c(C(=O)n2cccn2)n1. The molecule has 0 atom stereocenters. The second-order valence-electron chi connectivity index (χ2n) is 2.94. The third-order valence-electron chi connectivity index (χ3n) is 1.96. The largest absolute Gasteiger partial charge is 0.300 e. The van der Waals surface area contributed by atoms with Gasteiger partial charge in [-0.05, 0) is 13.0 Å². The van der Waals surface area contributed by atoms with Crippen LogP contribution in [0.4, 0.5) is 0 Å². The Morgan fingerprint density at radius 3 is 2.93 bits per heavy atom. The first-order valence-electron chi connectivity index (χ1n) is 4.49. The molecular weight excluding hydrogens is 216 g/mol.